The van der Waals surface area contributed by atoms with Gasteiger partial charge in [0.2, 0.25) is 0 Å². The Kier molecular flexibility index (Phi) is 6.99. The number of hydrogen-bond acceptors (Lipinski definition) is 6. The van der Waals surface area contributed by atoms with Crippen LogP contribution in [0.5, 0.6) is 0 Å². The first-order valence-electron chi connectivity index (χ1n) is 10.3. The van der Waals surface area contributed by atoms with Crippen LogP contribution in [0.2, 0.25) is 0 Å². The summed E-state index contributed by atoms with van der Waals surface area (Å²) in [7, 11) is 4.25. The molecule has 0 spiro atoms. The summed E-state index contributed by atoms with van der Waals surface area (Å²) in [5.74, 6) is 1.83. The quantitative estimate of drug-likeness (QED) is 0.675. The molecular formula is C23H32N6. The molecule has 6 nitrogen and oxygen atoms in total. The lowest BCUT2D eigenvalue weighted by atomic mass is 10.1. The van der Waals surface area contributed by atoms with E-state index in [-0.39, 0.29) is 0 Å². The van der Waals surface area contributed by atoms with Gasteiger partial charge in [0.15, 0.2) is 0 Å². The average Bonchev–Trinajstić information content (AvgIpc) is 2.72. The molecule has 1 fully saturated rings. The van der Waals surface area contributed by atoms with Crippen molar-refractivity contribution in [1.82, 2.24) is 24.8 Å². The van der Waals surface area contributed by atoms with Crippen LogP contribution in [0, 0.1) is 6.92 Å². The van der Waals surface area contributed by atoms with Crippen molar-refractivity contribution in [3.63, 3.8) is 0 Å². The molecule has 0 aliphatic carbocycles. The predicted octanol–water partition coefficient (Wildman–Crippen LogP) is 3.15. The minimum absolute atomic E-state index is 0.684. The highest BCUT2D eigenvalue weighted by molar-refractivity contribution is 5.65. The maximum atomic E-state index is 4.70. The number of pyridine rings is 1. The molecule has 3 rings (SSSR count). The number of rotatable bonds is 7. The normalized spacial score (nSPS) is 15.4. The van der Waals surface area contributed by atoms with E-state index in [9.17, 15) is 0 Å². The van der Waals surface area contributed by atoms with Crippen LogP contribution in [-0.4, -0.2) is 65.0 Å². The van der Waals surface area contributed by atoms with Crippen LogP contribution in [-0.2, 0) is 13.0 Å². The molecule has 154 valence electrons. The van der Waals surface area contributed by atoms with E-state index in [1.54, 1.807) is 0 Å². The van der Waals surface area contributed by atoms with Gasteiger partial charge in [0, 0.05) is 45.5 Å². The molecule has 0 unspecified atom stereocenters. The second-order valence-corrected chi connectivity index (χ2v) is 7.56. The summed E-state index contributed by atoms with van der Waals surface area (Å²) in [6.07, 6.45) is 6.63. The smallest absolute Gasteiger partial charge is 0.132 e. The van der Waals surface area contributed by atoms with Crippen molar-refractivity contribution in [2.75, 3.05) is 45.2 Å². The maximum absolute atomic E-state index is 4.70. The summed E-state index contributed by atoms with van der Waals surface area (Å²) in [4.78, 5) is 20.9. The Morgan fingerprint density at radius 3 is 2.69 bits per heavy atom. The van der Waals surface area contributed by atoms with Crippen LogP contribution < -0.4 is 4.90 Å². The molecule has 1 saturated heterocycles. The lowest BCUT2D eigenvalue weighted by molar-refractivity contribution is 0.312. The van der Waals surface area contributed by atoms with E-state index < -0.39 is 0 Å². The topological polar surface area (TPSA) is 48.4 Å². The summed E-state index contributed by atoms with van der Waals surface area (Å²) in [5.41, 5.74) is 4.29. The fourth-order valence-electron chi connectivity index (χ4n) is 3.67. The van der Waals surface area contributed by atoms with Crippen LogP contribution in [0.15, 0.2) is 43.1 Å². The minimum atomic E-state index is 0.684. The Hall–Kier alpha value is -2.73. The van der Waals surface area contributed by atoms with Crippen molar-refractivity contribution in [2.24, 2.45) is 0 Å². The largest absolute Gasteiger partial charge is 0.367 e. The van der Waals surface area contributed by atoms with Gasteiger partial charge in [-0.3, -0.25) is 4.98 Å². The standard InChI is InChI=1S/C23H32N6/c1-6-9-21(23-19(7-2)10-8-11-24-23)28(5)17-20-16-22(26-18(3)25-20)29-14-12-27(4)13-15-29/h6,8-11,16H,1,7,12-15,17H2,2-5H3/b21-9+. The van der Waals surface area contributed by atoms with E-state index in [0.717, 1.165) is 61.3 Å². The number of aryl methyl sites for hydroxylation is 2. The maximum Gasteiger partial charge on any atom is 0.132 e. The SMILES string of the molecule is C=C/C=C(\c1ncccc1CC)N(C)Cc1cc(N2CCN(C)CC2)nc(C)n1. The summed E-state index contributed by atoms with van der Waals surface area (Å²) in [6, 6.07) is 6.25. The number of nitrogens with zero attached hydrogens (tertiary/aromatic N) is 6. The first kappa shape index (κ1) is 21.0. The van der Waals surface area contributed by atoms with Crippen molar-refractivity contribution in [3.05, 3.63) is 65.9 Å². The molecule has 6 heteroatoms. The van der Waals surface area contributed by atoms with Crippen LogP contribution in [0.1, 0.15) is 29.7 Å². The number of piperazine rings is 1. The second-order valence-electron chi connectivity index (χ2n) is 7.56. The molecule has 0 bridgehead atoms. The first-order chi connectivity index (χ1) is 14.0. The fraction of sp³-hybridized carbons (Fsp3) is 0.435. The Labute approximate surface area is 174 Å². The third-order valence-corrected chi connectivity index (χ3v) is 5.31. The van der Waals surface area contributed by atoms with Gasteiger partial charge in [0.25, 0.3) is 0 Å². The van der Waals surface area contributed by atoms with Gasteiger partial charge in [-0.1, -0.05) is 25.6 Å². The van der Waals surface area contributed by atoms with E-state index in [0.29, 0.717) is 6.54 Å². The average molecular weight is 393 g/mol. The van der Waals surface area contributed by atoms with Crippen LogP contribution >= 0.6 is 0 Å². The zero-order valence-electron chi connectivity index (χ0n) is 18.1. The number of hydrogen-bond donors (Lipinski definition) is 0. The number of likely N-dealkylation sites (N-methyl/N-ethyl adjacent to an activating group) is 1. The van der Waals surface area contributed by atoms with E-state index in [2.05, 4.69) is 59.4 Å². The molecule has 0 N–H and O–H groups in total. The number of aromatic nitrogens is 3. The van der Waals surface area contributed by atoms with Gasteiger partial charge < -0.3 is 14.7 Å². The van der Waals surface area contributed by atoms with Crippen molar-refractivity contribution in [1.29, 1.82) is 0 Å². The third-order valence-electron chi connectivity index (χ3n) is 5.31. The van der Waals surface area contributed by atoms with Crippen molar-refractivity contribution >= 4 is 11.5 Å². The Balaban J connectivity index is 1.84. The van der Waals surface area contributed by atoms with E-state index in [4.69, 9.17) is 9.97 Å². The Bertz CT molecular complexity index is 867. The highest BCUT2D eigenvalue weighted by Crippen LogP contribution is 2.23. The van der Waals surface area contributed by atoms with E-state index in [1.807, 2.05) is 31.3 Å². The van der Waals surface area contributed by atoms with Crippen molar-refractivity contribution in [3.8, 4) is 0 Å². The molecule has 2 aromatic rings. The number of anilines is 1. The zero-order valence-corrected chi connectivity index (χ0v) is 18.1. The summed E-state index contributed by atoms with van der Waals surface area (Å²) in [6.45, 7) is 12.8. The van der Waals surface area contributed by atoms with Crippen molar-refractivity contribution < 1.29 is 0 Å². The summed E-state index contributed by atoms with van der Waals surface area (Å²) < 4.78 is 0. The molecule has 0 saturated carbocycles. The molecular weight excluding hydrogens is 360 g/mol. The van der Waals surface area contributed by atoms with Gasteiger partial charge in [-0.15, -0.1) is 0 Å². The fourth-order valence-corrected chi connectivity index (χ4v) is 3.67. The number of allylic oxidation sites excluding steroid dienone is 2. The zero-order chi connectivity index (χ0) is 20.8. The van der Waals surface area contributed by atoms with Crippen LogP contribution in [0.3, 0.4) is 0 Å². The highest BCUT2D eigenvalue weighted by atomic mass is 15.3. The summed E-state index contributed by atoms with van der Waals surface area (Å²) >= 11 is 0. The van der Waals surface area contributed by atoms with Crippen LogP contribution in [0.25, 0.3) is 5.70 Å². The monoisotopic (exact) mass is 392 g/mol. The van der Waals surface area contributed by atoms with Crippen LogP contribution in [0.4, 0.5) is 5.82 Å². The minimum Gasteiger partial charge on any atom is -0.367 e. The molecule has 0 amide bonds. The lowest BCUT2D eigenvalue weighted by Crippen LogP contribution is -2.45. The molecule has 2 aromatic heterocycles. The lowest BCUT2D eigenvalue weighted by Gasteiger charge is -2.33. The van der Waals surface area contributed by atoms with Gasteiger partial charge >= 0.3 is 0 Å². The molecule has 29 heavy (non-hydrogen) atoms. The van der Waals surface area contributed by atoms with Gasteiger partial charge in [-0.25, -0.2) is 9.97 Å². The van der Waals surface area contributed by atoms with E-state index >= 15 is 0 Å². The Morgan fingerprint density at radius 1 is 1.24 bits per heavy atom. The van der Waals surface area contributed by atoms with E-state index in [1.165, 1.54) is 5.56 Å². The van der Waals surface area contributed by atoms with Gasteiger partial charge in [0.1, 0.15) is 11.6 Å². The van der Waals surface area contributed by atoms with Gasteiger partial charge in [-0.05, 0) is 38.1 Å². The van der Waals surface area contributed by atoms with Crippen molar-refractivity contribution in [2.45, 2.75) is 26.8 Å². The Morgan fingerprint density at radius 2 is 2.00 bits per heavy atom. The third kappa shape index (κ3) is 5.21. The molecule has 1 aliphatic rings. The van der Waals surface area contributed by atoms with Gasteiger partial charge in [0.05, 0.1) is 23.6 Å². The first-order valence-corrected chi connectivity index (χ1v) is 10.3. The predicted molar refractivity (Wildman–Crippen MR) is 120 cm³/mol. The van der Waals surface area contributed by atoms with Gasteiger partial charge in [-0.2, -0.15) is 0 Å². The summed E-state index contributed by atoms with van der Waals surface area (Å²) in [5, 5.41) is 0. The molecule has 0 radical (unpaired) electrons. The molecule has 1 aliphatic heterocycles. The molecule has 0 atom stereocenters. The highest BCUT2D eigenvalue weighted by Gasteiger charge is 2.18. The second kappa shape index (κ2) is 9.65. The molecule has 0 aromatic carbocycles. The molecule has 3 heterocycles.